The van der Waals surface area contributed by atoms with Crippen LogP contribution in [-0.2, 0) is 11.3 Å². The van der Waals surface area contributed by atoms with Crippen LogP contribution in [0.5, 0.6) is 0 Å². The molecular weight excluding hydrogens is 424 g/mol. The monoisotopic (exact) mass is 447 g/mol. The lowest BCUT2D eigenvalue weighted by Gasteiger charge is -2.21. The standard InChI is InChI=1S/C16H22FN5O.HI/c1-16(2,3)22-14(23)10-21-15(19-4)20-9-12-6-5-11(8-18)7-13(12)17;/h5-7H,9-10H2,1-4H3,(H,22,23)(H2,19,20,21);1H. The second-order valence-electron chi connectivity index (χ2n) is 6.00. The van der Waals surface area contributed by atoms with E-state index < -0.39 is 5.82 Å². The molecule has 0 aliphatic rings. The predicted octanol–water partition coefficient (Wildman–Crippen LogP) is 1.90. The van der Waals surface area contributed by atoms with E-state index in [0.717, 1.165) is 0 Å². The van der Waals surface area contributed by atoms with E-state index in [9.17, 15) is 9.18 Å². The number of rotatable bonds is 4. The lowest BCUT2D eigenvalue weighted by atomic mass is 10.1. The van der Waals surface area contributed by atoms with Gasteiger partial charge in [0.05, 0.1) is 18.2 Å². The molecule has 0 aliphatic heterocycles. The van der Waals surface area contributed by atoms with E-state index in [1.54, 1.807) is 19.2 Å². The lowest BCUT2D eigenvalue weighted by molar-refractivity contribution is -0.121. The van der Waals surface area contributed by atoms with Crippen LogP contribution in [0, 0.1) is 17.1 Å². The van der Waals surface area contributed by atoms with Crippen LogP contribution >= 0.6 is 24.0 Å². The van der Waals surface area contributed by atoms with Crippen molar-refractivity contribution in [3.05, 3.63) is 35.1 Å². The first-order valence-corrected chi connectivity index (χ1v) is 7.19. The molecule has 0 bridgehead atoms. The number of carbonyl (C=O) groups excluding carboxylic acids is 1. The minimum atomic E-state index is -0.461. The second-order valence-corrected chi connectivity index (χ2v) is 6.00. The molecule has 8 heteroatoms. The van der Waals surface area contributed by atoms with E-state index in [1.165, 1.54) is 6.07 Å². The van der Waals surface area contributed by atoms with Gasteiger partial charge in [0.15, 0.2) is 5.96 Å². The molecule has 0 spiro atoms. The van der Waals surface area contributed by atoms with Gasteiger partial charge in [-0.2, -0.15) is 5.26 Å². The Bertz CT molecular complexity index is 634. The van der Waals surface area contributed by atoms with Crippen molar-refractivity contribution in [2.45, 2.75) is 32.9 Å². The van der Waals surface area contributed by atoms with E-state index in [2.05, 4.69) is 20.9 Å². The van der Waals surface area contributed by atoms with Crippen LogP contribution in [0.3, 0.4) is 0 Å². The summed E-state index contributed by atoms with van der Waals surface area (Å²) in [6, 6.07) is 6.16. The molecule has 0 radical (unpaired) electrons. The minimum Gasteiger partial charge on any atom is -0.352 e. The smallest absolute Gasteiger partial charge is 0.239 e. The van der Waals surface area contributed by atoms with Crippen LogP contribution in [-0.4, -0.2) is 31.0 Å². The van der Waals surface area contributed by atoms with Crippen molar-refractivity contribution in [1.29, 1.82) is 5.26 Å². The fourth-order valence-corrected chi connectivity index (χ4v) is 1.79. The number of nitrogens with zero attached hydrogens (tertiary/aromatic N) is 2. The maximum absolute atomic E-state index is 13.8. The number of nitrogens with one attached hydrogen (secondary N) is 3. The molecule has 0 aromatic heterocycles. The Labute approximate surface area is 158 Å². The third-order valence-electron chi connectivity index (χ3n) is 2.78. The molecular formula is C16H23FIN5O. The zero-order chi connectivity index (χ0) is 17.5. The van der Waals surface area contributed by atoms with Crippen molar-refractivity contribution >= 4 is 35.8 Å². The van der Waals surface area contributed by atoms with Gasteiger partial charge < -0.3 is 16.0 Å². The number of carbonyl (C=O) groups is 1. The van der Waals surface area contributed by atoms with E-state index in [0.29, 0.717) is 11.5 Å². The van der Waals surface area contributed by atoms with Crippen molar-refractivity contribution in [3.63, 3.8) is 0 Å². The van der Waals surface area contributed by atoms with Crippen molar-refractivity contribution in [1.82, 2.24) is 16.0 Å². The summed E-state index contributed by atoms with van der Waals surface area (Å²) in [6.45, 7) is 5.94. The molecule has 0 saturated heterocycles. The topological polar surface area (TPSA) is 89.3 Å². The highest BCUT2D eigenvalue weighted by Gasteiger charge is 2.13. The van der Waals surface area contributed by atoms with Gasteiger partial charge in [-0.1, -0.05) is 6.07 Å². The molecule has 1 aromatic rings. The van der Waals surface area contributed by atoms with E-state index in [1.807, 2.05) is 26.8 Å². The van der Waals surface area contributed by atoms with Gasteiger partial charge in [-0.05, 0) is 32.9 Å². The van der Waals surface area contributed by atoms with Crippen molar-refractivity contribution in [2.24, 2.45) is 4.99 Å². The van der Waals surface area contributed by atoms with Crippen molar-refractivity contribution in [2.75, 3.05) is 13.6 Å². The maximum atomic E-state index is 13.8. The summed E-state index contributed by atoms with van der Waals surface area (Å²) in [5.41, 5.74) is 0.375. The predicted molar refractivity (Wildman–Crippen MR) is 103 cm³/mol. The fourth-order valence-electron chi connectivity index (χ4n) is 1.79. The summed E-state index contributed by atoms with van der Waals surface area (Å²) in [6.07, 6.45) is 0. The molecule has 0 unspecified atom stereocenters. The number of halogens is 2. The van der Waals surface area contributed by atoms with Crippen LogP contribution < -0.4 is 16.0 Å². The Morgan fingerprint density at radius 1 is 1.33 bits per heavy atom. The van der Waals surface area contributed by atoms with Gasteiger partial charge in [-0.25, -0.2) is 4.39 Å². The molecule has 0 heterocycles. The summed E-state index contributed by atoms with van der Waals surface area (Å²) in [4.78, 5) is 15.7. The molecule has 0 aliphatic carbocycles. The number of aliphatic imine (C=N–C) groups is 1. The molecule has 0 atom stereocenters. The average Bonchev–Trinajstić information content (AvgIpc) is 2.46. The van der Waals surface area contributed by atoms with E-state index in [4.69, 9.17) is 5.26 Å². The number of benzene rings is 1. The third kappa shape index (κ3) is 8.10. The Morgan fingerprint density at radius 3 is 2.50 bits per heavy atom. The summed E-state index contributed by atoms with van der Waals surface area (Å²) >= 11 is 0. The van der Waals surface area contributed by atoms with Crippen LogP contribution in [0.4, 0.5) is 4.39 Å². The summed E-state index contributed by atoms with van der Waals surface area (Å²) in [5.74, 6) is -0.236. The molecule has 0 saturated carbocycles. The van der Waals surface area contributed by atoms with E-state index in [-0.39, 0.29) is 54.1 Å². The summed E-state index contributed by atoms with van der Waals surface area (Å²) in [5, 5.41) is 17.3. The first-order chi connectivity index (χ1) is 10.7. The van der Waals surface area contributed by atoms with Gasteiger partial charge >= 0.3 is 0 Å². The van der Waals surface area contributed by atoms with Gasteiger partial charge in [-0.15, -0.1) is 24.0 Å². The SMILES string of the molecule is CN=C(NCC(=O)NC(C)(C)C)NCc1ccc(C#N)cc1F.I. The summed E-state index contributed by atoms with van der Waals surface area (Å²) in [7, 11) is 1.56. The molecule has 1 rings (SSSR count). The first-order valence-electron chi connectivity index (χ1n) is 7.19. The van der Waals surface area contributed by atoms with E-state index >= 15 is 0 Å². The van der Waals surface area contributed by atoms with Crippen LogP contribution in [0.25, 0.3) is 0 Å². The molecule has 0 fully saturated rings. The minimum absolute atomic E-state index is 0. The second kappa shape index (κ2) is 10.1. The number of hydrogen-bond acceptors (Lipinski definition) is 3. The van der Waals surface area contributed by atoms with Crippen LogP contribution in [0.2, 0.25) is 0 Å². The highest BCUT2D eigenvalue weighted by molar-refractivity contribution is 14.0. The van der Waals surface area contributed by atoms with Gasteiger partial charge in [0.1, 0.15) is 5.82 Å². The summed E-state index contributed by atoms with van der Waals surface area (Å²) < 4.78 is 13.8. The average molecular weight is 447 g/mol. The zero-order valence-corrected chi connectivity index (χ0v) is 16.6. The van der Waals surface area contributed by atoms with Gasteiger partial charge in [0.25, 0.3) is 0 Å². The normalized spacial score (nSPS) is 11.1. The van der Waals surface area contributed by atoms with Crippen LogP contribution in [0.1, 0.15) is 31.9 Å². The quantitative estimate of drug-likeness (QED) is 0.374. The molecule has 1 amide bonds. The molecule has 24 heavy (non-hydrogen) atoms. The largest absolute Gasteiger partial charge is 0.352 e. The van der Waals surface area contributed by atoms with Crippen molar-refractivity contribution in [3.8, 4) is 6.07 Å². The highest BCUT2D eigenvalue weighted by atomic mass is 127. The van der Waals surface area contributed by atoms with Gasteiger partial charge in [0.2, 0.25) is 5.91 Å². The Hall–Kier alpha value is -1.89. The number of guanidine groups is 1. The molecule has 6 nitrogen and oxygen atoms in total. The lowest BCUT2D eigenvalue weighted by Crippen LogP contribution is -2.48. The van der Waals surface area contributed by atoms with Gasteiger partial charge in [-0.3, -0.25) is 9.79 Å². The number of nitriles is 1. The highest BCUT2D eigenvalue weighted by Crippen LogP contribution is 2.09. The van der Waals surface area contributed by atoms with Gasteiger partial charge in [0, 0.05) is 24.7 Å². The molecule has 1 aromatic carbocycles. The maximum Gasteiger partial charge on any atom is 0.239 e. The van der Waals surface area contributed by atoms with Crippen molar-refractivity contribution < 1.29 is 9.18 Å². The van der Waals surface area contributed by atoms with Crippen LogP contribution in [0.15, 0.2) is 23.2 Å². The number of hydrogen-bond donors (Lipinski definition) is 3. The number of amides is 1. The first kappa shape index (κ1) is 22.1. The Kier molecular flexibility index (Phi) is 9.28. The fraction of sp³-hybridized carbons (Fsp3) is 0.438. The zero-order valence-electron chi connectivity index (χ0n) is 14.2. The Balaban J connectivity index is 0.00000529. The third-order valence-corrected chi connectivity index (χ3v) is 2.78. The Morgan fingerprint density at radius 2 is 2.00 bits per heavy atom. The molecule has 3 N–H and O–H groups in total. The molecule has 132 valence electrons.